The number of halogens is 2. The van der Waals surface area contributed by atoms with Crippen LogP contribution in [0.15, 0.2) is 34.8 Å². The Morgan fingerprint density at radius 1 is 1.60 bits per heavy atom. The summed E-state index contributed by atoms with van der Waals surface area (Å²) in [5.41, 5.74) is 2.49. The Hall–Kier alpha value is 0.130. The molecule has 1 atom stereocenters. The highest BCUT2D eigenvalue weighted by molar-refractivity contribution is 14.1. The van der Waals surface area contributed by atoms with Gasteiger partial charge in [-0.1, -0.05) is 21.5 Å². The molecule has 0 fully saturated rings. The number of rotatable bonds is 4. The van der Waals surface area contributed by atoms with E-state index < -0.39 is 0 Å². The fourth-order valence-corrected chi connectivity index (χ4v) is 2.54. The molecule has 0 heterocycles. The van der Waals surface area contributed by atoms with Crippen LogP contribution in [0.1, 0.15) is 24.9 Å². The van der Waals surface area contributed by atoms with Crippen molar-refractivity contribution in [3.8, 4) is 0 Å². The van der Waals surface area contributed by atoms with Gasteiger partial charge in [0.25, 0.3) is 0 Å². The molecule has 0 aliphatic rings. The van der Waals surface area contributed by atoms with Crippen molar-refractivity contribution in [3.05, 3.63) is 44.0 Å². The molecule has 1 N–H and O–H groups in total. The summed E-state index contributed by atoms with van der Waals surface area (Å²) in [6.45, 7) is 6.02. The summed E-state index contributed by atoms with van der Waals surface area (Å²) in [7, 11) is 1.99. The minimum Gasteiger partial charge on any atom is -0.313 e. The molecule has 0 amide bonds. The van der Waals surface area contributed by atoms with E-state index in [0.29, 0.717) is 6.04 Å². The highest BCUT2D eigenvalue weighted by Gasteiger charge is 2.12. The molecule has 1 rings (SSSR count). The SMILES string of the molecule is C=C(C)CC(NC)c1cc(I)ccc1Br. The lowest BCUT2D eigenvalue weighted by molar-refractivity contribution is 0.587. The predicted octanol–water partition coefficient (Wildman–Crippen LogP) is 4.28. The van der Waals surface area contributed by atoms with E-state index in [0.717, 1.165) is 10.9 Å². The van der Waals surface area contributed by atoms with Gasteiger partial charge in [0, 0.05) is 14.1 Å². The number of nitrogens with one attached hydrogen (secondary N) is 1. The Morgan fingerprint density at radius 3 is 2.80 bits per heavy atom. The Kier molecular flexibility index (Phi) is 5.29. The minimum atomic E-state index is 0.339. The molecular formula is C12H15BrIN. The predicted molar refractivity (Wildman–Crippen MR) is 78.1 cm³/mol. The molecule has 0 aliphatic heterocycles. The van der Waals surface area contributed by atoms with E-state index in [-0.39, 0.29) is 0 Å². The van der Waals surface area contributed by atoms with E-state index in [1.807, 2.05) is 7.05 Å². The molecule has 0 saturated carbocycles. The van der Waals surface area contributed by atoms with Gasteiger partial charge < -0.3 is 5.32 Å². The second kappa shape index (κ2) is 6.01. The Bertz CT molecular complexity index is 363. The van der Waals surface area contributed by atoms with Crippen molar-refractivity contribution in [2.24, 2.45) is 0 Å². The van der Waals surface area contributed by atoms with Gasteiger partial charge in [-0.25, -0.2) is 0 Å². The quantitative estimate of drug-likeness (QED) is 0.608. The van der Waals surface area contributed by atoms with Crippen LogP contribution in [0.25, 0.3) is 0 Å². The van der Waals surface area contributed by atoms with E-state index in [1.165, 1.54) is 14.7 Å². The molecule has 1 aromatic carbocycles. The van der Waals surface area contributed by atoms with Crippen LogP contribution < -0.4 is 5.32 Å². The van der Waals surface area contributed by atoms with Crippen molar-refractivity contribution in [2.75, 3.05) is 7.05 Å². The third-order valence-corrected chi connectivity index (χ3v) is 3.63. The van der Waals surface area contributed by atoms with Crippen LogP contribution in [-0.4, -0.2) is 7.05 Å². The first-order valence-corrected chi connectivity index (χ1v) is 6.68. The van der Waals surface area contributed by atoms with Gasteiger partial charge in [0.2, 0.25) is 0 Å². The molecule has 0 aromatic heterocycles. The highest BCUT2D eigenvalue weighted by Crippen LogP contribution is 2.28. The van der Waals surface area contributed by atoms with Gasteiger partial charge in [-0.3, -0.25) is 0 Å². The standard InChI is InChI=1S/C12H15BrIN/c1-8(2)6-12(15-3)10-7-9(14)4-5-11(10)13/h4-5,7,12,15H,1,6H2,2-3H3. The zero-order chi connectivity index (χ0) is 11.4. The first kappa shape index (κ1) is 13.2. The zero-order valence-electron chi connectivity index (χ0n) is 8.98. The van der Waals surface area contributed by atoms with E-state index >= 15 is 0 Å². The molecule has 1 nitrogen and oxygen atoms in total. The first-order chi connectivity index (χ1) is 7.04. The first-order valence-electron chi connectivity index (χ1n) is 4.81. The molecule has 0 spiro atoms. The molecule has 82 valence electrons. The topological polar surface area (TPSA) is 12.0 Å². The number of hydrogen-bond donors (Lipinski definition) is 1. The molecule has 0 aliphatic carbocycles. The second-order valence-corrected chi connectivity index (χ2v) is 5.77. The summed E-state index contributed by atoms with van der Waals surface area (Å²) in [6, 6.07) is 6.74. The normalized spacial score (nSPS) is 12.5. The third kappa shape index (κ3) is 3.89. The molecule has 3 heteroatoms. The lowest BCUT2D eigenvalue weighted by Crippen LogP contribution is -2.17. The highest BCUT2D eigenvalue weighted by atomic mass is 127. The largest absolute Gasteiger partial charge is 0.313 e. The minimum absolute atomic E-state index is 0.339. The van der Waals surface area contributed by atoms with Crippen LogP contribution in [0, 0.1) is 3.57 Å². The third-order valence-electron chi connectivity index (χ3n) is 2.23. The average molecular weight is 380 g/mol. The molecule has 1 aromatic rings. The van der Waals surface area contributed by atoms with Crippen LogP contribution >= 0.6 is 38.5 Å². The van der Waals surface area contributed by atoms with Crippen molar-refractivity contribution in [1.82, 2.24) is 5.32 Å². The van der Waals surface area contributed by atoms with Gasteiger partial charge in [0.05, 0.1) is 0 Å². The van der Waals surface area contributed by atoms with Crippen LogP contribution in [0.2, 0.25) is 0 Å². The molecule has 15 heavy (non-hydrogen) atoms. The fourth-order valence-electron chi connectivity index (χ4n) is 1.50. The summed E-state index contributed by atoms with van der Waals surface area (Å²) in [5, 5.41) is 3.32. The van der Waals surface area contributed by atoms with Gasteiger partial charge in [0.1, 0.15) is 0 Å². The maximum absolute atomic E-state index is 3.96. The molecule has 1 unspecified atom stereocenters. The van der Waals surface area contributed by atoms with Crippen LogP contribution in [0.5, 0.6) is 0 Å². The van der Waals surface area contributed by atoms with Gasteiger partial charge in [0.15, 0.2) is 0 Å². The average Bonchev–Trinajstić information content (AvgIpc) is 2.18. The molecule has 0 saturated heterocycles. The lowest BCUT2D eigenvalue weighted by Gasteiger charge is -2.18. The molecule has 0 radical (unpaired) electrons. The van der Waals surface area contributed by atoms with Crippen molar-refractivity contribution in [2.45, 2.75) is 19.4 Å². The maximum Gasteiger partial charge on any atom is 0.0366 e. The van der Waals surface area contributed by atoms with E-state index in [1.54, 1.807) is 0 Å². The van der Waals surface area contributed by atoms with Crippen molar-refractivity contribution >= 4 is 38.5 Å². The fraction of sp³-hybridized carbons (Fsp3) is 0.333. The number of benzene rings is 1. The van der Waals surface area contributed by atoms with E-state index in [4.69, 9.17) is 0 Å². The molecule has 0 bridgehead atoms. The summed E-state index contributed by atoms with van der Waals surface area (Å²) in [4.78, 5) is 0. The van der Waals surface area contributed by atoms with E-state index in [9.17, 15) is 0 Å². The Morgan fingerprint density at radius 2 is 2.27 bits per heavy atom. The van der Waals surface area contributed by atoms with Gasteiger partial charge in [-0.2, -0.15) is 0 Å². The lowest BCUT2D eigenvalue weighted by atomic mass is 10.0. The van der Waals surface area contributed by atoms with Crippen molar-refractivity contribution < 1.29 is 0 Å². The second-order valence-electron chi connectivity index (χ2n) is 3.67. The smallest absolute Gasteiger partial charge is 0.0366 e. The van der Waals surface area contributed by atoms with Gasteiger partial charge in [-0.05, 0) is 66.7 Å². The van der Waals surface area contributed by atoms with E-state index in [2.05, 4.69) is 75.5 Å². The number of hydrogen-bond acceptors (Lipinski definition) is 1. The monoisotopic (exact) mass is 379 g/mol. The summed E-state index contributed by atoms with van der Waals surface area (Å²) in [5.74, 6) is 0. The Balaban J connectivity index is 3.00. The van der Waals surface area contributed by atoms with Crippen LogP contribution in [0.3, 0.4) is 0 Å². The summed E-state index contributed by atoms with van der Waals surface area (Å²) >= 11 is 5.92. The maximum atomic E-state index is 3.96. The van der Waals surface area contributed by atoms with Gasteiger partial charge in [-0.15, -0.1) is 6.58 Å². The van der Waals surface area contributed by atoms with Crippen molar-refractivity contribution in [1.29, 1.82) is 0 Å². The Labute approximate surface area is 114 Å². The zero-order valence-corrected chi connectivity index (χ0v) is 12.7. The van der Waals surface area contributed by atoms with Gasteiger partial charge >= 0.3 is 0 Å². The van der Waals surface area contributed by atoms with Crippen molar-refractivity contribution in [3.63, 3.8) is 0 Å². The summed E-state index contributed by atoms with van der Waals surface area (Å²) in [6.07, 6.45) is 0.967. The van der Waals surface area contributed by atoms with Crippen LogP contribution in [0.4, 0.5) is 0 Å². The van der Waals surface area contributed by atoms with Crippen LogP contribution in [-0.2, 0) is 0 Å². The summed E-state index contributed by atoms with van der Waals surface area (Å²) < 4.78 is 2.41. The molecular weight excluding hydrogens is 365 g/mol.